The van der Waals surface area contributed by atoms with Crippen molar-refractivity contribution in [3.63, 3.8) is 0 Å². The number of aliphatic hydroxyl groups excluding tert-OH is 1. The summed E-state index contributed by atoms with van der Waals surface area (Å²) in [6, 6.07) is 1.96. The van der Waals surface area contributed by atoms with Gasteiger partial charge in [-0.05, 0) is 31.0 Å². The summed E-state index contributed by atoms with van der Waals surface area (Å²) in [7, 11) is 3.25. The number of benzene rings is 1. The van der Waals surface area contributed by atoms with E-state index in [2.05, 4.69) is 0 Å². The minimum Gasteiger partial charge on any atom is -0.493 e. The number of ether oxygens (including phenoxy) is 2. The molecule has 3 nitrogen and oxygen atoms in total. The normalized spacial score (nSPS) is 12.4. The Hall–Kier alpha value is -1.22. The first-order valence-corrected chi connectivity index (χ1v) is 5.39. The van der Waals surface area contributed by atoms with Crippen molar-refractivity contribution in [2.45, 2.75) is 26.7 Å². The van der Waals surface area contributed by atoms with Crippen molar-refractivity contribution in [3.05, 3.63) is 22.8 Å². The Labute approximate surface area is 97.0 Å². The summed E-state index contributed by atoms with van der Waals surface area (Å²) in [4.78, 5) is 0. The molecule has 0 saturated heterocycles. The van der Waals surface area contributed by atoms with Crippen LogP contribution in [0.25, 0.3) is 0 Å². The van der Waals surface area contributed by atoms with E-state index in [4.69, 9.17) is 9.47 Å². The van der Waals surface area contributed by atoms with Crippen LogP contribution in [0.3, 0.4) is 0 Å². The van der Waals surface area contributed by atoms with Crippen LogP contribution in [-0.4, -0.2) is 25.9 Å². The lowest BCUT2D eigenvalue weighted by molar-refractivity contribution is 0.267. The van der Waals surface area contributed by atoms with Gasteiger partial charge in [-0.1, -0.05) is 6.92 Å². The average Bonchev–Trinajstić information content (AvgIpc) is 2.30. The number of aryl methyl sites for hydroxylation is 1. The quantitative estimate of drug-likeness (QED) is 0.853. The molecule has 0 aliphatic heterocycles. The van der Waals surface area contributed by atoms with Gasteiger partial charge in [-0.3, -0.25) is 0 Å². The van der Waals surface area contributed by atoms with E-state index in [0.717, 1.165) is 28.2 Å². The van der Waals surface area contributed by atoms with Gasteiger partial charge in [0.2, 0.25) is 0 Å². The molecule has 1 aromatic carbocycles. The van der Waals surface area contributed by atoms with Gasteiger partial charge in [0.15, 0.2) is 11.5 Å². The van der Waals surface area contributed by atoms with Crippen LogP contribution in [0.15, 0.2) is 6.07 Å². The Morgan fingerprint density at radius 3 is 2.31 bits per heavy atom. The standard InChI is InChI=1S/C13H20O3/c1-8-6-11(15-4)13(16-5)12(10(8)3)9(2)7-14/h6,9,14H,7H2,1-5H3. The summed E-state index contributed by atoms with van der Waals surface area (Å²) in [5, 5.41) is 9.29. The third kappa shape index (κ3) is 2.14. The Kier molecular flexibility index (Phi) is 4.19. The van der Waals surface area contributed by atoms with E-state index < -0.39 is 0 Å². The van der Waals surface area contributed by atoms with Crippen molar-refractivity contribution < 1.29 is 14.6 Å². The number of hydrogen-bond acceptors (Lipinski definition) is 3. The first-order valence-electron chi connectivity index (χ1n) is 5.39. The first kappa shape index (κ1) is 12.8. The molecule has 0 amide bonds. The molecule has 0 heterocycles. The maximum Gasteiger partial charge on any atom is 0.164 e. The van der Waals surface area contributed by atoms with E-state index in [9.17, 15) is 5.11 Å². The van der Waals surface area contributed by atoms with Crippen molar-refractivity contribution in [2.75, 3.05) is 20.8 Å². The molecule has 0 saturated carbocycles. The van der Waals surface area contributed by atoms with E-state index in [0.29, 0.717) is 0 Å². The number of rotatable bonds is 4. The second kappa shape index (κ2) is 5.21. The smallest absolute Gasteiger partial charge is 0.164 e. The summed E-state index contributed by atoms with van der Waals surface area (Å²) in [6.07, 6.45) is 0. The molecule has 1 atom stereocenters. The fraction of sp³-hybridized carbons (Fsp3) is 0.538. The maximum atomic E-state index is 9.29. The summed E-state index contributed by atoms with van der Waals surface area (Å²) >= 11 is 0. The average molecular weight is 224 g/mol. The van der Waals surface area contributed by atoms with Crippen molar-refractivity contribution in [1.29, 1.82) is 0 Å². The highest BCUT2D eigenvalue weighted by atomic mass is 16.5. The zero-order chi connectivity index (χ0) is 12.3. The molecule has 1 unspecified atom stereocenters. The molecule has 16 heavy (non-hydrogen) atoms. The zero-order valence-corrected chi connectivity index (χ0v) is 10.6. The highest BCUT2D eigenvalue weighted by molar-refractivity contribution is 5.55. The van der Waals surface area contributed by atoms with Crippen molar-refractivity contribution in [1.82, 2.24) is 0 Å². The van der Waals surface area contributed by atoms with Crippen LogP contribution in [-0.2, 0) is 0 Å². The second-order valence-corrected chi connectivity index (χ2v) is 4.05. The lowest BCUT2D eigenvalue weighted by atomic mass is 9.92. The molecule has 0 aliphatic carbocycles. The molecular formula is C13H20O3. The SMILES string of the molecule is COc1cc(C)c(C)c(C(C)CO)c1OC. The Morgan fingerprint density at radius 1 is 1.25 bits per heavy atom. The van der Waals surface area contributed by atoms with Crippen LogP contribution in [0, 0.1) is 13.8 Å². The third-order valence-corrected chi connectivity index (χ3v) is 3.00. The van der Waals surface area contributed by atoms with Gasteiger partial charge in [0.25, 0.3) is 0 Å². The predicted molar refractivity (Wildman–Crippen MR) is 64.5 cm³/mol. The predicted octanol–water partition coefficient (Wildman–Crippen LogP) is 2.42. The molecule has 0 aliphatic rings. The molecule has 3 heteroatoms. The zero-order valence-electron chi connectivity index (χ0n) is 10.6. The van der Waals surface area contributed by atoms with Gasteiger partial charge in [0, 0.05) is 18.1 Å². The van der Waals surface area contributed by atoms with Crippen LogP contribution >= 0.6 is 0 Å². The van der Waals surface area contributed by atoms with Gasteiger partial charge in [0.1, 0.15) is 0 Å². The summed E-state index contributed by atoms with van der Waals surface area (Å²) in [5.74, 6) is 1.50. The van der Waals surface area contributed by atoms with Crippen LogP contribution in [0.2, 0.25) is 0 Å². The molecule has 0 aromatic heterocycles. The van der Waals surface area contributed by atoms with Gasteiger partial charge in [-0.2, -0.15) is 0 Å². The van der Waals surface area contributed by atoms with Gasteiger partial charge in [-0.25, -0.2) is 0 Å². The fourth-order valence-corrected chi connectivity index (χ4v) is 1.93. The molecule has 0 bridgehead atoms. The van der Waals surface area contributed by atoms with Crippen LogP contribution in [0.5, 0.6) is 11.5 Å². The molecule has 90 valence electrons. The summed E-state index contributed by atoms with van der Waals surface area (Å²) in [5.41, 5.74) is 3.33. The Bertz CT molecular complexity index is 372. The third-order valence-electron chi connectivity index (χ3n) is 3.00. The van der Waals surface area contributed by atoms with Gasteiger partial charge in [-0.15, -0.1) is 0 Å². The highest BCUT2D eigenvalue weighted by Gasteiger charge is 2.19. The fourth-order valence-electron chi connectivity index (χ4n) is 1.93. The largest absolute Gasteiger partial charge is 0.493 e. The van der Waals surface area contributed by atoms with Crippen molar-refractivity contribution in [3.8, 4) is 11.5 Å². The minimum absolute atomic E-state index is 0.0451. The molecule has 1 N–H and O–H groups in total. The number of hydrogen-bond donors (Lipinski definition) is 1. The van der Waals surface area contributed by atoms with Gasteiger partial charge in [0.05, 0.1) is 14.2 Å². The molecule has 1 rings (SSSR count). The summed E-state index contributed by atoms with van der Waals surface area (Å²) < 4.78 is 10.7. The van der Waals surface area contributed by atoms with Crippen LogP contribution < -0.4 is 9.47 Å². The molecular weight excluding hydrogens is 204 g/mol. The number of methoxy groups -OCH3 is 2. The van der Waals surface area contributed by atoms with Gasteiger partial charge >= 0.3 is 0 Å². The van der Waals surface area contributed by atoms with Crippen LogP contribution in [0.4, 0.5) is 0 Å². The number of aliphatic hydroxyl groups is 1. The highest BCUT2D eigenvalue weighted by Crippen LogP contribution is 2.39. The van der Waals surface area contributed by atoms with E-state index in [-0.39, 0.29) is 12.5 Å². The lowest BCUT2D eigenvalue weighted by Gasteiger charge is -2.20. The van der Waals surface area contributed by atoms with Crippen LogP contribution in [0.1, 0.15) is 29.5 Å². The second-order valence-electron chi connectivity index (χ2n) is 4.05. The van der Waals surface area contributed by atoms with E-state index >= 15 is 0 Å². The monoisotopic (exact) mass is 224 g/mol. The molecule has 1 aromatic rings. The van der Waals surface area contributed by atoms with Crippen molar-refractivity contribution in [2.24, 2.45) is 0 Å². The van der Waals surface area contributed by atoms with E-state index in [1.807, 2.05) is 26.8 Å². The van der Waals surface area contributed by atoms with E-state index in [1.165, 1.54) is 0 Å². The minimum atomic E-state index is 0.0451. The van der Waals surface area contributed by atoms with Crippen molar-refractivity contribution >= 4 is 0 Å². The Balaban J connectivity index is 3.46. The molecule has 0 radical (unpaired) electrons. The lowest BCUT2D eigenvalue weighted by Crippen LogP contribution is -2.07. The first-order chi connectivity index (χ1) is 7.56. The summed E-state index contributed by atoms with van der Waals surface area (Å²) in [6.45, 7) is 6.15. The topological polar surface area (TPSA) is 38.7 Å². The maximum absolute atomic E-state index is 9.29. The molecule has 0 fully saturated rings. The van der Waals surface area contributed by atoms with Gasteiger partial charge < -0.3 is 14.6 Å². The van der Waals surface area contributed by atoms with E-state index in [1.54, 1.807) is 14.2 Å². The molecule has 0 spiro atoms. The Morgan fingerprint density at radius 2 is 1.88 bits per heavy atom.